The number of hydrogen-bond donors (Lipinski definition) is 0. The summed E-state index contributed by atoms with van der Waals surface area (Å²) in [5, 5.41) is 0. The number of aryl methyl sites for hydroxylation is 1. The Kier molecular flexibility index (Phi) is 3.06. The summed E-state index contributed by atoms with van der Waals surface area (Å²) in [5.74, 6) is 0.510. The molecule has 4 nitrogen and oxygen atoms in total. The van der Waals surface area contributed by atoms with Gasteiger partial charge in [0.05, 0.1) is 0 Å². The number of aromatic nitrogens is 1. The molecule has 0 radical (unpaired) electrons. The quantitative estimate of drug-likeness (QED) is 0.871. The Hall–Kier alpha value is -1.40. The Balaban J connectivity index is 2.06. The van der Waals surface area contributed by atoms with E-state index >= 15 is 0 Å². The van der Waals surface area contributed by atoms with Crippen molar-refractivity contribution in [1.29, 1.82) is 0 Å². The number of anilines is 1. The van der Waals surface area contributed by atoms with Crippen molar-refractivity contribution < 1.29 is 8.42 Å². The van der Waals surface area contributed by atoms with Crippen LogP contribution in [0.1, 0.15) is 17.7 Å². The van der Waals surface area contributed by atoms with Crippen LogP contribution in [-0.2, 0) is 10.0 Å². The zero-order valence-electron chi connectivity index (χ0n) is 10.5. The van der Waals surface area contributed by atoms with Crippen molar-refractivity contribution in [2.75, 3.05) is 4.31 Å². The minimum Gasteiger partial charge on any atom is -0.246 e. The maximum absolute atomic E-state index is 12.7. The topological polar surface area (TPSA) is 50.3 Å². The van der Waals surface area contributed by atoms with Crippen LogP contribution in [0.15, 0.2) is 40.7 Å². The van der Waals surface area contributed by atoms with Crippen molar-refractivity contribution in [2.24, 2.45) is 0 Å². The summed E-state index contributed by atoms with van der Waals surface area (Å²) in [6.07, 6.45) is 3.43. The average molecular weight is 294 g/mol. The molecule has 1 aliphatic rings. The molecule has 19 heavy (non-hydrogen) atoms. The van der Waals surface area contributed by atoms with E-state index in [-0.39, 0.29) is 6.04 Å². The van der Waals surface area contributed by atoms with Gasteiger partial charge in [-0.15, -0.1) is 11.3 Å². The second-order valence-corrected chi connectivity index (χ2v) is 7.91. The minimum atomic E-state index is -3.48. The fourth-order valence-corrected chi connectivity index (χ4v) is 4.98. The van der Waals surface area contributed by atoms with Crippen LogP contribution in [-0.4, -0.2) is 19.4 Å². The molecule has 100 valence electrons. The molecule has 2 heterocycles. The predicted octanol–water partition coefficient (Wildman–Crippen LogP) is 2.81. The highest BCUT2D eigenvalue weighted by molar-refractivity contribution is 7.94. The van der Waals surface area contributed by atoms with Crippen LogP contribution in [0.2, 0.25) is 0 Å². The van der Waals surface area contributed by atoms with Crippen LogP contribution < -0.4 is 4.31 Å². The SMILES string of the molecule is Cc1ccc(S(=O)(=O)N(c2ccccn2)C2CC2)s1. The monoisotopic (exact) mass is 294 g/mol. The molecule has 0 bridgehead atoms. The third kappa shape index (κ3) is 2.37. The molecule has 0 spiro atoms. The summed E-state index contributed by atoms with van der Waals surface area (Å²) in [7, 11) is -3.48. The molecule has 1 aliphatic carbocycles. The Morgan fingerprint density at radius 2 is 2.05 bits per heavy atom. The van der Waals surface area contributed by atoms with E-state index in [1.54, 1.807) is 24.4 Å². The highest BCUT2D eigenvalue weighted by Gasteiger charge is 2.39. The summed E-state index contributed by atoms with van der Waals surface area (Å²) in [6.45, 7) is 1.91. The Labute approximate surface area is 116 Å². The van der Waals surface area contributed by atoms with Gasteiger partial charge in [-0.3, -0.25) is 0 Å². The highest BCUT2D eigenvalue weighted by Crippen LogP contribution is 2.37. The first-order chi connectivity index (χ1) is 9.09. The molecule has 0 aliphatic heterocycles. The molecular weight excluding hydrogens is 280 g/mol. The van der Waals surface area contributed by atoms with Crippen LogP contribution in [0, 0.1) is 6.92 Å². The van der Waals surface area contributed by atoms with Crippen molar-refractivity contribution in [3.05, 3.63) is 41.4 Å². The summed E-state index contributed by atoms with van der Waals surface area (Å²) < 4.78 is 27.3. The van der Waals surface area contributed by atoms with Crippen LogP contribution in [0.3, 0.4) is 0 Å². The molecular formula is C13H14N2O2S2. The van der Waals surface area contributed by atoms with Crippen molar-refractivity contribution in [2.45, 2.75) is 30.0 Å². The number of rotatable bonds is 4. The molecule has 1 saturated carbocycles. The fraction of sp³-hybridized carbons (Fsp3) is 0.308. The first kappa shape index (κ1) is 12.6. The zero-order chi connectivity index (χ0) is 13.5. The van der Waals surface area contributed by atoms with E-state index in [2.05, 4.69) is 4.98 Å². The molecule has 2 aromatic rings. The lowest BCUT2D eigenvalue weighted by Crippen LogP contribution is -2.33. The van der Waals surface area contributed by atoms with Gasteiger partial charge in [-0.2, -0.15) is 0 Å². The van der Waals surface area contributed by atoms with Crippen LogP contribution >= 0.6 is 11.3 Å². The van der Waals surface area contributed by atoms with Gasteiger partial charge in [0.2, 0.25) is 0 Å². The lowest BCUT2D eigenvalue weighted by atomic mass is 10.4. The van der Waals surface area contributed by atoms with Crippen molar-refractivity contribution in [3.8, 4) is 0 Å². The van der Waals surface area contributed by atoms with Crippen LogP contribution in [0.25, 0.3) is 0 Å². The molecule has 0 amide bonds. The van der Waals surface area contributed by atoms with Gasteiger partial charge < -0.3 is 0 Å². The number of pyridine rings is 1. The average Bonchev–Trinajstić information content (AvgIpc) is 3.10. The molecule has 0 aromatic carbocycles. The molecule has 0 atom stereocenters. The normalized spacial score (nSPS) is 15.4. The second-order valence-electron chi connectivity index (χ2n) is 4.59. The highest BCUT2D eigenvalue weighted by atomic mass is 32.2. The number of hydrogen-bond acceptors (Lipinski definition) is 4. The largest absolute Gasteiger partial charge is 0.275 e. The molecule has 6 heteroatoms. The van der Waals surface area contributed by atoms with Crippen molar-refractivity contribution in [3.63, 3.8) is 0 Å². The first-order valence-corrected chi connectivity index (χ1v) is 8.36. The molecule has 2 aromatic heterocycles. The minimum absolute atomic E-state index is 0.0577. The van der Waals surface area contributed by atoms with E-state index in [0.717, 1.165) is 17.7 Å². The van der Waals surface area contributed by atoms with E-state index in [9.17, 15) is 8.42 Å². The van der Waals surface area contributed by atoms with E-state index < -0.39 is 10.0 Å². The van der Waals surface area contributed by atoms with Gasteiger partial charge in [0, 0.05) is 17.1 Å². The summed E-state index contributed by atoms with van der Waals surface area (Å²) in [5.41, 5.74) is 0. The molecule has 0 N–H and O–H groups in total. The molecule has 0 saturated heterocycles. The predicted molar refractivity (Wildman–Crippen MR) is 76.0 cm³/mol. The van der Waals surface area contributed by atoms with Crippen LogP contribution in [0.5, 0.6) is 0 Å². The van der Waals surface area contributed by atoms with Gasteiger partial charge in [-0.05, 0) is 44.0 Å². The lowest BCUT2D eigenvalue weighted by molar-refractivity contribution is 0.591. The maximum Gasteiger partial charge on any atom is 0.275 e. The Morgan fingerprint density at radius 1 is 1.26 bits per heavy atom. The standard InChI is InChI=1S/C13H14N2O2S2/c1-10-5-8-13(18-10)19(16,17)15(11-6-7-11)12-4-2-3-9-14-12/h2-5,8-9,11H,6-7H2,1H3. The van der Waals surface area contributed by atoms with Gasteiger partial charge in [0.1, 0.15) is 10.0 Å². The molecule has 1 fully saturated rings. The summed E-state index contributed by atoms with van der Waals surface area (Å²) >= 11 is 1.31. The molecule has 0 unspecified atom stereocenters. The summed E-state index contributed by atoms with van der Waals surface area (Å²) in [4.78, 5) is 5.19. The van der Waals surface area contributed by atoms with E-state index in [1.165, 1.54) is 15.6 Å². The van der Waals surface area contributed by atoms with Crippen molar-refractivity contribution >= 4 is 27.2 Å². The van der Waals surface area contributed by atoms with Gasteiger partial charge >= 0.3 is 0 Å². The lowest BCUT2D eigenvalue weighted by Gasteiger charge is -2.22. The first-order valence-electron chi connectivity index (χ1n) is 6.11. The van der Waals surface area contributed by atoms with Crippen LogP contribution in [0.4, 0.5) is 5.82 Å². The molecule has 3 rings (SSSR count). The Morgan fingerprint density at radius 3 is 2.58 bits per heavy atom. The third-order valence-electron chi connectivity index (χ3n) is 2.98. The van der Waals surface area contributed by atoms with Gasteiger partial charge in [-0.1, -0.05) is 6.07 Å². The third-order valence-corrected chi connectivity index (χ3v) is 6.31. The number of thiophene rings is 1. The zero-order valence-corrected chi connectivity index (χ0v) is 12.1. The second kappa shape index (κ2) is 4.61. The van der Waals surface area contributed by atoms with Gasteiger partial charge in [0.25, 0.3) is 10.0 Å². The van der Waals surface area contributed by atoms with E-state index in [4.69, 9.17) is 0 Å². The number of sulfonamides is 1. The number of nitrogens with zero attached hydrogens (tertiary/aromatic N) is 2. The maximum atomic E-state index is 12.7. The van der Waals surface area contributed by atoms with E-state index in [1.807, 2.05) is 19.1 Å². The summed E-state index contributed by atoms with van der Waals surface area (Å²) in [6, 6.07) is 8.91. The smallest absolute Gasteiger partial charge is 0.246 e. The van der Waals surface area contributed by atoms with Gasteiger partial charge in [0.15, 0.2) is 0 Å². The fourth-order valence-electron chi connectivity index (χ4n) is 1.95. The Bertz CT molecular complexity index is 676. The van der Waals surface area contributed by atoms with Crippen molar-refractivity contribution in [1.82, 2.24) is 4.98 Å². The van der Waals surface area contributed by atoms with Gasteiger partial charge in [-0.25, -0.2) is 17.7 Å². The van der Waals surface area contributed by atoms with E-state index in [0.29, 0.717) is 10.0 Å².